The van der Waals surface area contributed by atoms with Gasteiger partial charge in [-0.2, -0.15) is 0 Å². The van der Waals surface area contributed by atoms with Gasteiger partial charge in [0.15, 0.2) is 6.10 Å². The smallest absolute Gasteiger partial charge is 0.260 e. The maximum atomic E-state index is 12.0. The zero-order valence-corrected chi connectivity index (χ0v) is 12.3. The lowest BCUT2D eigenvalue weighted by Gasteiger charge is -2.20. The van der Waals surface area contributed by atoms with Gasteiger partial charge in [-0.3, -0.25) is 4.79 Å². The number of carbonyl (C=O) groups excluding carboxylic acids is 1. The van der Waals surface area contributed by atoms with Crippen LogP contribution in [0.3, 0.4) is 0 Å². The summed E-state index contributed by atoms with van der Waals surface area (Å²) in [4.78, 5) is 12.0. The van der Waals surface area contributed by atoms with Crippen molar-refractivity contribution in [3.8, 4) is 5.75 Å². The lowest BCUT2D eigenvalue weighted by Crippen LogP contribution is -2.42. The van der Waals surface area contributed by atoms with Crippen molar-refractivity contribution in [2.45, 2.75) is 45.8 Å². The summed E-state index contributed by atoms with van der Waals surface area (Å²) < 4.78 is 5.56. The van der Waals surface area contributed by atoms with E-state index in [1.165, 1.54) is 0 Å². The van der Waals surface area contributed by atoms with Crippen LogP contribution in [0.4, 0.5) is 5.69 Å². The Morgan fingerprint density at radius 2 is 2.05 bits per heavy atom. The highest BCUT2D eigenvalue weighted by Gasteiger charge is 2.18. The quantitative estimate of drug-likeness (QED) is 0.789. The number of ether oxygens (including phenoxy) is 1. The van der Waals surface area contributed by atoms with Crippen molar-refractivity contribution in [3.63, 3.8) is 0 Å². The van der Waals surface area contributed by atoms with Gasteiger partial charge in [0, 0.05) is 11.1 Å². The highest BCUT2D eigenvalue weighted by molar-refractivity contribution is 6.30. The van der Waals surface area contributed by atoms with Gasteiger partial charge in [-0.1, -0.05) is 25.4 Å². The summed E-state index contributed by atoms with van der Waals surface area (Å²) in [6.07, 6.45) is 1.21. The molecule has 1 atom stereocenters. The van der Waals surface area contributed by atoms with E-state index in [1.807, 2.05) is 13.8 Å². The number of anilines is 1. The number of hydrogen-bond acceptors (Lipinski definition) is 3. The Hall–Kier alpha value is -1.42. The van der Waals surface area contributed by atoms with E-state index in [0.717, 1.165) is 12.8 Å². The van der Waals surface area contributed by atoms with Crippen molar-refractivity contribution < 1.29 is 9.53 Å². The van der Waals surface area contributed by atoms with Gasteiger partial charge in [0.05, 0.1) is 5.69 Å². The minimum atomic E-state index is -0.593. The lowest BCUT2D eigenvalue weighted by atomic mass is 10.1. The molecule has 0 aromatic heterocycles. The standard InChI is InChI=1S/C14H21ClN2O2/c1-4-11(5-2)17-14(18)9(3)19-13-7-6-10(15)8-12(13)16/h6-9,11H,4-5,16H2,1-3H3,(H,17,18). The molecule has 1 amide bonds. The summed E-state index contributed by atoms with van der Waals surface area (Å²) in [6.45, 7) is 5.78. The second kappa shape index (κ2) is 7.24. The Balaban J connectivity index is 2.63. The first-order chi connectivity index (χ1) is 8.97. The fourth-order valence-electron chi connectivity index (χ4n) is 1.68. The molecule has 1 unspecified atom stereocenters. The van der Waals surface area contributed by atoms with Gasteiger partial charge in [0.2, 0.25) is 0 Å². The first-order valence-electron chi connectivity index (χ1n) is 6.50. The molecule has 1 rings (SSSR count). The summed E-state index contributed by atoms with van der Waals surface area (Å²) in [7, 11) is 0. The molecule has 0 fully saturated rings. The van der Waals surface area contributed by atoms with Crippen LogP contribution in [0.25, 0.3) is 0 Å². The fourth-order valence-corrected chi connectivity index (χ4v) is 1.86. The van der Waals surface area contributed by atoms with Crippen molar-refractivity contribution in [2.24, 2.45) is 0 Å². The normalized spacial score (nSPS) is 12.3. The minimum Gasteiger partial charge on any atom is -0.479 e. The molecule has 0 saturated heterocycles. The van der Waals surface area contributed by atoms with Gasteiger partial charge >= 0.3 is 0 Å². The molecule has 19 heavy (non-hydrogen) atoms. The SMILES string of the molecule is CCC(CC)NC(=O)C(C)Oc1ccc(Cl)cc1N. The molecule has 0 spiro atoms. The largest absolute Gasteiger partial charge is 0.479 e. The predicted molar refractivity (Wildman–Crippen MR) is 78.5 cm³/mol. The Labute approximate surface area is 119 Å². The molecule has 0 bridgehead atoms. The van der Waals surface area contributed by atoms with E-state index in [-0.39, 0.29) is 11.9 Å². The van der Waals surface area contributed by atoms with Crippen LogP contribution in [0, 0.1) is 0 Å². The molecule has 106 valence electrons. The average molecular weight is 285 g/mol. The van der Waals surface area contributed by atoms with E-state index in [2.05, 4.69) is 5.32 Å². The van der Waals surface area contributed by atoms with Crippen molar-refractivity contribution in [2.75, 3.05) is 5.73 Å². The molecule has 0 saturated carbocycles. The average Bonchev–Trinajstić information content (AvgIpc) is 2.38. The van der Waals surface area contributed by atoms with Crippen molar-refractivity contribution in [3.05, 3.63) is 23.2 Å². The molecule has 1 aromatic carbocycles. The minimum absolute atomic E-state index is 0.136. The molecular weight excluding hydrogens is 264 g/mol. The molecule has 3 N–H and O–H groups in total. The number of nitrogens with one attached hydrogen (secondary N) is 1. The van der Waals surface area contributed by atoms with Crippen LogP contribution >= 0.6 is 11.6 Å². The Kier molecular flexibility index (Phi) is 5.96. The van der Waals surface area contributed by atoms with Gasteiger partial charge in [-0.25, -0.2) is 0 Å². The summed E-state index contributed by atoms with van der Waals surface area (Å²) in [5.74, 6) is 0.333. The van der Waals surface area contributed by atoms with Crippen LogP contribution in [-0.2, 0) is 4.79 Å². The third-order valence-corrected chi connectivity index (χ3v) is 3.21. The summed E-state index contributed by atoms with van der Waals surface area (Å²) >= 11 is 5.81. The Morgan fingerprint density at radius 3 is 2.58 bits per heavy atom. The van der Waals surface area contributed by atoms with Crippen molar-refractivity contribution in [1.82, 2.24) is 5.32 Å². The Bertz CT molecular complexity index is 433. The van der Waals surface area contributed by atoms with E-state index in [4.69, 9.17) is 22.1 Å². The predicted octanol–water partition coefficient (Wildman–Crippen LogP) is 2.99. The van der Waals surface area contributed by atoms with Crippen LogP contribution < -0.4 is 15.8 Å². The summed E-state index contributed by atoms with van der Waals surface area (Å²) in [5, 5.41) is 3.48. The molecule has 5 heteroatoms. The third-order valence-electron chi connectivity index (χ3n) is 2.98. The number of nitrogens with two attached hydrogens (primary N) is 1. The van der Waals surface area contributed by atoms with E-state index < -0.39 is 6.10 Å². The summed E-state index contributed by atoms with van der Waals surface area (Å²) in [5.41, 5.74) is 6.21. The molecule has 4 nitrogen and oxygen atoms in total. The highest BCUT2D eigenvalue weighted by atomic mass is 35.5. The lowest BCUT2D eigenvalue weighted by molar-refractivity contribution is -0.128. The molecule has 1 aromatic rings. The molecule has 0 heterocycles. The van der Waals surface area contributed by atoms with E-state index in [0.29, 0.717) is 16.5 Å². The van der Waals surface area contributed by atoms with Crippen molar-refractivity contribution >= 4 is 23.2 Å². The van der Waals surface area contributed by atoms with Crippen LogP contribution in [0.1, 0.15) is 33.6 Å². The van der Waals surface area contributed by atoms with Crippen LogP contribution in [0.5, 0.6) is 5.75 Å². The molecular formula is C14H21ClN2O2. The van der Waals surface area contributed by atoms with E-state index >= 15 is 0 Å². The van der Waals surface area contributed by atoms with Gasteiger partial charge in [-0.15, -0.1) is 0 Å². The number of hydrogen-bond donors (Lipinski definition) is 2. The van der Waals surface area contributed by atoms with E-state index in [1.54, 1.807) is 25.1 Å². The Morgan fingerprint density at radius 1 is 1.42 bits per heavy atom. The number of nitrogen functional groups attached to an aromatic ring is 1. The second-order valence-electron chi connectivity index (χ2n) is 4.46. The van der Waals surface area contributed by atoms with Crippen molar-refractivity contribution in [1.29, 1.82) is 0 Å². The molecule has 0 radical (unpaired) electrons. The number of benzene rings is 1. The molecule has 0 aliphatic heterocycles. The number of carbonyl (C=O) groups is 1. The van der Waals surface area contributed by atoms with Gasteiger partial charge in [0.25, 0.3) is 5.91 Å². The van der Waals surface area contributed by atoms with Crippen LogP contribution in [0.15, 0.2) is 18.2 Å². The fraction of sp³-hybridized carbons (Fsp3) is 0.500. The molecule has 0 aliphatic rings. The van der Waals surface area contributed by atoms with Crippen LogP contribution in [-0.4, -0.2) is 18.1 Å². The monoisotopic (exact) mass is 284 g/mol. The van der Waals surface area contributed by atoms with Gasteiger partial charge < -0.3 is 15.8 Å². The first kappa shape index (κ1) is 15.6. The van der Waals surface area contributed by atoms with Crippen LogP contribution in [0.2, 0.25) is 5.02 Å². The maximum Gasteiger partial charge on any atom is 0.260 e. The zero-order chi connectivity index (χ0) is 14.4. The van der Waals surface area contributed by atoms with Gasteiger partial charge in [0.1, 0.15) is 5.75 Å². The highest BCUT2D eigenvalue weighted by Crippen LogP contribution is 2.25. The maximum absolute atomic E-state index is 12.0. The number of halogens is 1. The third kappa shape index (κ3) is 4.63. The van der Waals surface area contributed by atoms with E-state index in [9.17, 15) is 4.79 Å². The number of rotatable bonds is 6. The molecule has 0 aliphatic carbocycles. The number of amides is 1. The zero-order valence-electron chi connectivity index (χ0n) is 11.6. The second-order valence-corrected chi connectivity index (χ2v) is 4.90. The topological polar surface area (TPSA) is 64.3 Å². The summed E-state index contributed by atoms with van der Waals surface area (Å²) in [6, 6.07) is 5.13. The van der Waals surface area contributed by atoms with Gasteiger partial charge in [-0.05, 0) is 38.0 Å². The first-order valence-corrected chi connectivity index (χ1v) is 6.87.